The molecule has 3 aromatic rings. The van der Waals surface area contributed by atoms with Gasteiger partial charge in [0, 0.05) is 27.6 Å². The number of hydrogen-bond donors (Lipinski definition) is 1. The van der Waals surface area contributed by atoms with Gasteiger partial charge in [0.15, 0.2) is 0 Å². The summed E-state index contributed by atoms with van der Waals surface area (Å²) in [4.78, 5) is 42.6. The summed E-state index contributed by atoms with van der Waals surface area (Å²) < 4.78 is 18.9. The molecule has 0 aromatic heterocycles. The average molecular weight is 536 g/mol. The summed E-state index contributed by atoms with van der Waals surface area (Å²) in [5.41, 5.74) is 0.983. The van der Waals surface area contributed by atoms with Crippen LogP contribution in [0.4, 0.5) is 9.18 Å². The third kappa shape index (κ3) is 8.02. The minimum absolute atomic E-state index is 0.238. The second-order valence-corrected chi connectivity index (χ2v) is 10.7. The molecule has 39 heavy (non-hydrogen) atoms. The van der Waals surface area contributed by atoms with E-state index in [9.17, 15) is 18.8 Å². The van der Waals surface area contributed by atoms with Crippen LogP contribution in [-0.4, -0.2) is 66.5 Å². The number of halogens is 1. The van der Waals surface area contributed by atoms with E-state index in [1.54, 1.807) is 47.0 Å². The van der Waals surface area contributed by atoms with Gasteiger partial charge in [0.2, 0.25) is 11.8 Å². The van der Waals surface area contributed by atoms with Gasteiger partial charge in [0.25, 0.3) is 0 Å². The lowest BCUT2D eigenvalue weighted by Gasteiger charge is -2.35. The first-order valence-electron chi connectivity index (χ1n) is 13.1. The van der Waals surface area contributed by atoms with Gasteiger partial charge < -0.3 is 15.0 Å². The number of ether oxygens (including phenoxy) is 1. The first kappa shape index (κ1) is 29.6. The zero-order valence-electron chi connectivity index (χ0n) is 23.5. The molecular formula is C31H38FN3O4. The van der Waals surface area contributed by atoms with Gasteiger partial charge in [-0.1, -0.05) is 54.6 Å². The lowest BCUT2D eigenvalue weighted by molar-refractivity contribution is -0.142. The number of nitrogens with zero attached hydrogens (tertiary/aromatic N) is 2. The Balaban J connectivity index is 1.90. The SMILES string of the molecule is CNC(=O)[C@@H](CCc1ccc(F)cc1)N(C)C(=O)[C@@H](Cc1ccc2ccccc2c1)N(C)C(=O)OC(C)(C)C. The van der Waals surface area contributed by atoms with Crippen molar-refractivity contribution in [3.63, 3.8) is 0 Å². The number of benzene rings is 3. The normalized spacial score (nSPS) is 12.9. The van der Waals surface area contributed by atoms with Crippen LogP contribution in [0.25, 0.3) is 10.8 Å². The predicted octanol–water partition coefficient (Wildman–Crippen LogP) is 4.96. The molecule has 0 heterocycles. The summed E-state index contributed by atoms with van der Waals surface area (Å²) in [6.07, 6.45) is 0.403. The van der Waals surface area contributed by atoms with E-state index in [2.05, 4.69) is 5.32 Å². The molecular weight excluding hydrogens is 497 g/mol. The number of likely N-dealkylation sites (N-methyl/N-ethyl adjacent to an activating group) is 3. The molecule has 0 saturated heterocycles. The molecule has 3 amide bonds. The fourth-order valence-electron chi connectivity index (χ4n) is 4.45. The Kier molecular flexibility index (Phi) is 9.67. The molecule has 7 nitrogen and oxygen atoms in total. The van der Waals surface area contributed by atoms with Crippen molar-refractivity contribution < 1.29 is 23.5 Å². The highest BCUT2D eigenvalue weighted by Gasteiger charge is 2.36. The van der Waals surface area contributed by atoms with E-state index in [0.29, 0.717) is 12.8 Å². The van der Waals surface area contributed by atoms with Crippen LogP contribution in [0.2, 0.25) is 0 Å². The summed E-state index contributed by atoms with van der Waals surface area (Å²) in [5.74, 6) is -1.04. The van der Waals surface area contributed by atoms with Gasteiger partial charge in [-0.05, 0) is 67.6 Å². The molecule has 0 aliphatic rings. The number of aryl methyl sites for hydroxylation is 1. The number of fused-ring (bicyclic) bond motifs is 1. The van der Waals surface area contributed by atoms with E-state index in [1.807, 2.05) is 42.5 Å². The van der Waals surface area contributed by atoms with Crippen molar-refractivity contribution in [1.82, 2.24) is 15.1 Å². The molecule has 0 aliphatic carbocycles. The summed E-state index contributed by atoms with van der Waals surface area (Å²) in [5, 5.41) is 4.74. The fraction of sp³-hybridized carbons (Fsp3) is 0.387. The maximum Gasteiger partial charge on any atom is 0.410 e. The molecule has 0 unspecified atom stereocenters. The summed E-state index contributed by atoms with van der Waals surface area (Å²) in [7, 11) is 4.63. The molecule has 3 aromatic carbocycles. The van der Waals surface area contributed by atoms with Crippen molar-refractivity contribution >= 4 is 28.7 Å². The monoisotopic (exact) mass is 535 g/mol. The minimum Gasteiger partial charge on any atom is -0.444 e. The average Bonchev–Trinajstić information content (AvgIpc) is 2.90. The van der Waals surface area contributed by atoms with Crippen molar-refractivity contribution in [2.45, 2.75) is 57.7 Å². The standard InChI is InChI=1S/C31H38FN3O4/c1-31(2,3)39-30(38)35(6)27(20-22-11-15-23-9-7-8-10-24(23)19-22)29(37)34(5)26(28(36)33-4)18-14-21-12-16-25(32)17-13-21/h7-13,15-17,19,26-27H,14,18,20H2,1-6H3,(H,33,36)/t26-,27-/m1/s1. The Morgan fingerprint density at radius 1 is 0.872 bits per heavy atom. The van der Waals surface area contributed by atoms with Gasteiger partial charge in [-0.3, -0.25) is 14.5 Å². The molecule has 2 atom stereocenters. The van der Waals surface area contributed by atoms with Crippen LogP contribution in [0.1, 0.15) is 38.3 Å². The van der Waals surface area contributed by atoms with Crippen LogP contribution in [0.5, 0.6) is 0 Å². The van der Waals surface area contributed by atoms with Gasteiger partial charge in [0.1, 0.15) is 23.5 Å². The molecule has 0 spiro atoms. The maximum absolute atomic E-state index is 14.0. The van der Waals surface area contributed by atoms with Crippen LogP contribution in [-0.2, 0) is 27.2 Å². The predicted molar refractivity (Wildman–Crippen MR) is 151 cm³/mol. The van der Waals surface area contributed by atoms with Gasteiger partial charge in [0.05, 0.1) is 0 Å². The Hall–Kier alpha value is -3.94. The number of hydrogen-bond acceptors (Lipinski definition) is 4. The van der Waals surface area contributed by atoms with Crippen LogP contribution in [0.3, 0.4) is 0 Å². The van der Waals surface area contributed by atoms with Gasteiger partial charge in [-0.2, -0.15) is 0 Å². The molecule has 1 N–H and O–H groups in total. The van der Waals surface area contributed by atoms with Crippen LogP contribution < -0.4 is 5.32 Å². The zero-order valence-corrected chi connectivity index (χ0v) is 23.5. The molecule has 0 aliphatic heterocycles. The largest absolute Gasteiger partial charge is 0.444 e. The summed E-state index contributed by atoms with van der Waals surface area (Å²) >= 11 is 0. The Labute approximate surface area is 229 Å². The highest BCUT2D eigenvalue weighted by molar-refractivity contribution is 5.91. The first-order chi connectivity index (χ1) is 18.4. The van der Waals surface area contributed by atoms with Crippen molar-refractivity contribution in [3.05, 3.63) is 83.7 Å². The lowest BCUT2D eigenvalue weighted by Crippen LogP contribution is -2.55. The Morgan fingerprint density at radius 2 is 1.49 bits per heavy atom. The van der Waals surface area contributed by atoms with E-state index in [-0.39, 0.29) is 24.1 Å². The second-order valence-electron chi connectivity index (χ2n) is 10.7. The molecule has 8 heteroatoms. The third-order valence-electron chi connectivity index (χ3n) is 6.66. The maximum atomic E-state index is 14.0. The third-order valence-corrected chi connectivity index (χ3v) is 6.66. The van der Waals surface area contributed by atoms with Crippen molar-refractivity contribution in [2.24, 2.45) is 0 Å². The van der Waals surface area contributed by atoms with E-state index < -0.39 is 23.8 Å². The number of amides is 3. The van der Waals surface area contributed by atoms with Gasteiger partial charge >= 0.3 is 6.09 Å². The van der Waals surface area contributed by atoms with E-state index in [1.165, 1.54) is 29.0 Å². The van der Waals surface area contributed by atoms with Crippen LogP contribution in [0, 0.1) is 5.82 Å². The Morgan fingerprint density at radius 3 is 2.10 bits per heavy atom. The number of rotatable bonds is 9. The van der Waals surface area contributed by atoms with Crippen molar-refractivity contribution in [3.8, 4) is 0 Å². The fourth-order valence-corrected chi connectivity index (χ4v) is 4.45. The Bertz CT molecular complexity index is 1300. The van der Waals surface area contributed by atoms with Gasteiger partial charge in [-0.25, -0.2) is 9.18 Å². The zero-order chi connectivity index (χ0) is 28.7. The number of carbonyl (C=O) groups excluding carboxylic acids is 3. The second kappa shape index (κ2) is 12.7. The quantitative estimate of drug-likeness (QED) is 0.420. The molecule has 0 radical (unpaired) electrons. The lowest BCUT2D eigenvalue weighted by atomic mass is 9.98. The highest BCUT2D eigenvalue weighted by Crippen LogP contribution is 2.21. The number of nitrogens with one attached hydrogen (secondary N) is 1. The molecule has 208 valence electrons. The molecule has 0 fully saturated rings. The summed E-state index contributed by atoms with van der Waals surface area (Å²) in [6.45, 7) is 5.30. The van der Waals surface area contributed by atoms with Crippen molar-refractivity contribution in [2.75, 3.05) is 21.1 Å². The first-order valence-corrected chi connectivity index (χ1v) is 13.1. The number of carbonyl (C=O) groups is 3. The smallest absolute Gasteiger partial charge is 0.410 e. The minimum atomic E-state index is -0.913. The van der Waals surface area contributed by atoms with E-state index >= 15 is 0 Å². The molecule has 3 rings (SSSR count). The van der Waals surface area contributed by atoms with Crippen LogP contribution >= 0.6 is 0 Å². The van der Waals surface area contributed by atoms with E-state index in [0.717, 1.165) is 21.9 Å². The topological polar surface area (TPSA) is 79.0 Å². The highest BCUT2D eigenvalue weighted by atomic mass is 19.1. The summed E-state index contributed by atoms with van der Waals surface area (Å²) in [6, 6.07) is 18.2. The van der Waals surface area contributed by atoms with Crippen molar-refractivity contribution in [1.29, 1.82) is 0 Å². The molecule has 0 bridgehead atoms. The molecule has 0 saturated carbocycles. The van der Waals surface area contributed by atoms with E-state index in [4.69, 9.17) is 4.74 Å². The van der Waals surface area contributed by atoms with Crippen LogP contribution in [0.15, 0.2) is 66.7 Å². The van der Waals surface area contributed by atoms with Gasteiger partial charge in [-0.15, -0.1) is 0 Å².